The van der Waals surface area contributed by atoms with Gasteiger partial charge in [-0.25, -0.2) is 8.42 Å². The zero-order valence-corrected chi connectivity index (χ0v) is 17.4. The molecule has 3 rings (SSSR count). The monoisotopic (exact) mass is 429 g/mol. The van der Waals surface area contributed by atoms with Crippen molar-refractivity contribution in [3.05, 3.63) is 77.2 Å². The summed E-state index contributed by atoms with van der Waals surface area (Å²) in [6, 6.07) is 16.0. The van der Waals surface area contributed by atoms with Crippen molar-refractivity contribution >= 4 is 43.9 Å². The smallest absolute Gasteiger partial charge is 0.264 e. The Kier molecular flexibility index (Phi) is 6.00. The molecular formula is C20H19N3O4S2. The van der Waals surface area contributed by atoms with Crippen molar-refractivity contribution in [1.29, 1.82) is 0 Å². The van der Waals surface area contributed by atoms with Crippen LogP contribution in [-0.4, -0.2) is 34.3 Å². The van der Waals surface area contributed by atoms with Gasteiger partial charge in [-0.2, -0.15) is 0 Å². The molecule has 0 fully saturated rings. The number of para-hydroxylation sites is 1. The number of hydrogen-bond donors (Lipinski definition) is 2. The normalized spacial score (nSPS) is 11.0. The van der Waals surface area contributed by atoms with Crippen LogP contribution in [0, 0.1) is 0 Å². The number of nitrogens with zero attached hydrogens (tertiary/aromatic N) is 1. The quantitative estimate of drug-likeness (QED) is 0.629. The minimum Gasteiger partial charge on any atom is -0.355 e. The van der Waals surface area contributed by atoms with E-state index in [4.69, 9.17) is 0 Å². The second kappa shape index (κ2) is 8.46. The number of carbonyl (C=O) groups excluding carboxylic acids is 2. The van der Waals surface area contributed by atoms with Gasteiger partial charge < -0.3 is 10.6 Å². The number of nitrogens with one attached hydrogen (secondary N) is 2. The highest BCUT2D eigenvalue weighted by Crippen LogP contribution is 2.25. The largest absolute Gasteiger partial charge is 0.355 e. The van der Waals surface area contributed by atoms with E-state index >= 15 is 0 Å². The number of thiophene rings is 1. The Bertz CT molecular complexity index is 1120. The fraction of sp³-hybridized carbons (Fsp3) is 0.100. The topological polar surface area (TPSA) is 95.6 Å². The van der Waals surface area contributed by atoms with E-state index in [1.165, 1.54) is 54.0 Å². The Morgan fingerprint density at radius 3 is 2.21 bits per heavy atom. The lowest BCUT2D eigenvalue weighted by Crippen LogP contribution is -2.26. The Hall–Kier alpha value is -3.17. The Morgan fingerprint density at radius 2 is 1.59 bits per heavy atom. The van der Waals surface area contributed by atoms with Gasteiger partial charge in [0, 0.05) is 19.7 Å². The Morgan fingerprint density at radius 1 is 0.931 bits per heavy atom. The van der Waals surface area contributed by atoms with E-state index in [-0.39, 0.29) is 16.4 Å². The van der Waals surface area contributed by atoms with Gasteiger partial charge in [-0.1, -0.05) is 18.2 Å². The van der Waals surface area contributed by atoms with E-state index in [0.717, 1.165) is 0 Å². The molecule has 9 heteroatoms. The maximum atomic E-state index is 12.8. The van der Waals surface area contributed by atoms with Crippen LogP contribution in [0.15, 0.2) is 70.9 Å². The third-order valence-corrected chi connectivity index (χ3v) is 6.89. The second-order valence-corrected chi connectivity index (χ2v) is 8.91. The van der Waals surface area contributed by atoms with Gasteiger partial charge in [0.2, 0.25) is 0 Å². The molecule has 7 nitrogen and oxygen atoms in total. The molecule has 0 saturated carbocycles. The van der Waals surface area contributed by atoms with E-state index in [0.29, 0.717) is 16.3 Å². The average Bonchev–Trinajstić information content (AvgIpc) is 3.21. The molecule has 2 amide bonds. The molecule has 0 atom stereocenters. The van der Waals surface area contributed by atoms with Crippen LogP contribution in [0.3, 0.4) is 0 Å². The lowest BCUT2D eigenvalue weighted by atomic mass is 10.2. The third-order valence-electron chi connectivity index (χ3n) is 4.26. The van der Waals surface area contributed by atoms with E-state index in [2.05, 4.69) is 10.6 Å². The van der Waals surface area contributed by atoms with Crippen LogP contribution in [0.1, 0.15) is 20.7 Å². The average molecular weight is 430 g/mol. The van der Waals surface area contributed by atoms with Gasteiger partial charge in [-0.05, 0) is 47.8 Å². The van der Waals surface area contributed by atoms with Crippen molar-refractivity contribution in [3.8, 4) is 0 Å². The van der Waals surface area contributed by atoms with E-state index in [1.54, 1.807) is 41.8 Å². The minimum atomic E-state index is -3.76. The third kappa shape index (κ3) is 4.30. The van der Waals surface area contributed by atoms with Gasteiger partial charge in [0.05, 0.1) is 16.1 Å². The molecule has 0 aliphatic heterocycles. The lowest BCUT2D eigenvalue weighted by Gasteiger charge is -2.19. The molecular weight excluding hydrogens is 410 g/mol. The number of benzene rings is 2. The van der Waals surface area contributed by atoms with Gasteiger partial charge in [-0.3, -0.25) is 13.9 Å². The van der Waals surface area contributed by atoms with E-state index < -0.39 is 15.9 Å². The van der Waals surface area contributed by atoms with Crippen LogP contribution < -0.4 is 14.9 Å². The highest BCUT2D eigenvalue weighted by atomic mass is 32.2. The summed E-state index contributed by atoms with van der Waals surface area (Å²) < 4.78 is 26.8. The summed E-state index contributed by atoms with van der Waals surface area (Å²) in [4.78, 5) is 24.4. The second-order valence-electron chi connectivity index (χ2n) is 6.03. The maximum absolute atomic E-state index is 12.8. The van der Waals surface area contributed by atoms with Gasteiger partial charge in [-0.15, -0.1) is 11.3 Å². The van der Waals surface area contributed by atoms with Crippen LogP contribution in [-0.2, 0) is 10.0 Å². The van der Waals surface area contributed by atoms with Crippen molar-refractivity contribution in [1.82, 2.24) is 5.32 Å². The zero-order chi connectivity index (χ0) is 21.0. The van der Waals surface area contributed by atoms with Gasteiger partial charge >= 0.3 is 0 Å². The van der Waals surface area contributed by atoms with E-state index in [1.807, 2.05) is 0 Å². The first-order chi connectivity index (χ1) is 13.8. The fourth-order valence-electron chi connectivity index (χ4n) is 2.61. The molecule has 1 heterocycles. The Balaban J connectivity index is 1.79. The van der Waals surface area contributed by atoms with E-state index in [9.17, 15) is 18.0 Å². The molecule has 3 aromatic rings. The zero-order valence-electron chi connectivity index (χ0n) is 15.7. The number of amides is 2. The van der Waals surface area contributed by atoms with Crippen LogP contribution in [0.4, 0.5) is 10.7 Å². The number of carbonyl (C=O) groups is 2. The summed E-state index contributed by atoms with van der Waals surface area (Å²) >= 11 is 1.23. The molecule has 150 valence electrons. The predicted molar refractivity (Wildman–Crippen MR) is 114 cm³/mol. The summed E-state index contributed by atoms with van der Waals surface area (Å²) in [5.41, 5.74) is 1.19. The van der Waals surface area contributed by atoms with Crippen molar-refractivity contribution in [2.45, 2.75) is 4.90 Å². The first-order valence-electron chi connectivity index (χ1n) is 8.59. The van der Waals surface area contributed by atoms with Crippen LogP contribution in [0.5, 0.6) is 0 Å². The molecule has 1 aromatic heterocycles. The SMILES string of the molecule is CNC(=O)c1ccsc1NC(=O)c1ccc(S(=O)(=O)N(C)c2ccccc2)cc1. The molecule has 0 bridgehead atoms. The van der Waals surface area contributed by atoms with Crippen LogP contribution >= 0.6 is 11.3 Å². The Labute approximate surface area is 173 Å². The predicted octanol–water partition coefficient (Wildman–Crippen LogP) is 3.19. The number of hydrogen-bond acceptors (Lipinski definition) is 5. The molecule has 2 N–H and O–H groups in total. The molecule has 0 spiro atoms. The van der Waals surface area contributed by atoms with Crippen molar-refractivity contribution in [3.63, 3.8) is 0 Å². The van der Waals surface area contributed by atoms with Crippen molar-refractivity contribution in [2.75, 3.05) is 23.7 Å². The maximum Gasteiger partial charge on any atom is 0.264 e. The molecule has 0 saturated heterocycles. The highest BCUT2D eigenvalue weighted by Gasteiger charge is 2.22. The molecule has 0 aliphatic rings. The summed E-state index contributed by atoms with van der Waals surface area (Å²) in [5, 5.41) is 7.33. The number of rotatable bonds is 6. The summed E-state index contributed by atoms with van der Waals surface area (Å²) in [7, 11) is -0.769. The van der Waals surface area contributed by atoms with Crippen LogP contribution in [0.2, 0.25) is 0 Å². The first kappa shape index (κ1) is 20.6. The molecule has 0 radical (unpaired) electrons. The summed E-state index contributed by atoms with van der Waals surface area (Å²) in [5.74, 6) is -0.732. The first-order valence-corrected chi connectivity index (χ1v) is 10.9. The van der Waals surface area contributed by atoms with Gasteiger partial charge in [0.15, 0.2) is 0 Å². The van der Waals surface area contributed by atoms with Gasteiger partial charge in [0.25, 0.3) is 21.8 Å². The highest BCUT2D eigenvalue weighted by molar-refractivity contribution is 7.92. The number of sulfonamides is 1. The summed E-state index contributed by atoms with van der Waals surface area (Å²) in [6.45, 7) is 0. The van der Waals surface area contributed by atoms with Crippen LogP contribution in [0.25, 0.3) is 0 Å². The molecule has 0 aliphatic carbocycles. The summed E-state index contributed by atoms with van der Waals surface area (Å²) in [6.07, 6.45) is 0. The number of anilines is 2. The molecule has 0 unspecified atom stereocenters. The van der Waals surface area contributed by atoms with Gasteiger partial charge in [0.1, 0.15) is 5.00 Å². The molecule has 2 aromatic carbocycles. The fourth-order valence-corrected chi connectivity index (χ4v) is 4.58. The minimum absolute atomic E-state index is 0.0718. The lowest BCUT2D eigenvalue weighted by molar-refractivity contribution is 0.0964. The van der Waals surface area contributed by atoms with Crippen molar-refractivity contribution in [2.24, 2.45) is 0 Å². The standard InChI is InChI=1S/C20H19N3O4S2/c1-21-19(25)17-12-13-28-20(17)22-18(24)14-8-10-16(11-9-14)29(26,27)23(2)15-6-4-3-5-7-15/h3-13H,1-2H3,(H,21,25)(H,22,24). The van der Waals surface area contributed by atoms with Crippen molar-refractivity contribution < 1.29 is 18.0 Å². The molecule has 29 heavy (non-hydrogen) atoms.